The van der Waals surface area contributed by atoms with Crippen LogP contribution in [0.4, 0.5) is 4.79 Å². The van der Waals surface area contributed by atoms with Crippen molar-refractivity contribution in [2.45, 2.75) is 12.5 Å². The van der Waals surface area contributed by atoms with E-state index in [-0.39, 0.29) is 26.1 Å². The third-order valence-electron chi connectivity index (χ3n) is 2.66. The molecule has 1 aliphatic rings. The molecule has 0 aliphatic carbocycles. The van der Waals surface area contributed by atoms with Gasteiger partial charge in [-0.15, -0.1) is 0 Å². The predicted octanol–water partition coefficient (Wildman–Crippen LogP) is -0.873. The van der Waals surface area contributed by atoms with Crippen molar-refractivity contribution in [1.82, 2.24) is 10.2 Å². The van der Waals surface area contributed by atoms with Crippen molar-refractivity contribution >= 4 is 23.9 Å². The number of esters is 1. The van der Waals surface area contributed by atoms with Crippen LogP contribution in [0.2, 0.25) is 0 Å². The van der Waals surface area contributed by atoms with Crippen LogP contribution in [0.1, 0.15) is 6.42 Å². The Kier molecular flexibility index (Phi) is 6.34. The number of hydrogen-bond acceptors (Lipinski definition) is 6. The number of carbonyl (C=O) groups excluding carboxylic acids is 3. The molecule has 3 amide bonds. The monoisotopic (exact) mass is 300 g/mol. The molecule has 0 aromatic rings. The van der Waals surface area contributed by atoms with Gasteiger partial charge in [0.05, 0.1) is 26.2 Å². The fourth-order valence-electron chi connectivity index (χ4n) is 1.67. The average Bonchev–Trinajstić information content (AvgIpc) is 2.45. The Bertz CT molecular complexity index is 461. The van der Waals surface area contributed by atoms with Crippen LogP contribution in [0.3, 0.4) is 0 Å². The molecule has 21 heavy (non-hydrogen) atoms. The van der Waals surface area contributed by atoms with E-state index in [0.717, 1.165) is 6.08 Å². The van der Waals surface area contributed by atoms with Gasteiger partial charge in [-0.05, 0) is 0 Å². The Labute approximate surface area is 120 Å². The highest BCUT2D eigenvalue weighted by atomic mass is 16.5. The van der Waals surface area contributed by atoms with E-state index in [9.17, 15) is 19.2 Å². The Morgan fingerprint density at radius 1 is 1.38 bits per heavy atom. The summed E-state index contributed by atoms with van der Waals surface area (Å²) in [6, 6.07) is -0.673. The molecular weight excluding hydrogens is 284 g/mol. The highest BCUT2D eigenvalue weighted by Gasteiger charge is 2.26. The predicted molar refractivity (Wildman–Crippen MR) is 68.3 cm³/mol. The van der Waals surface area contributed by atoms with E-state index >= 15 is 0 Å². The van der Waals surface area contributed by atoms with E-state index in [0.29, 0.717) is 6.08 Å². The lowest BCUT2D eigenvalue weighted by atomic mass is 10.2. The molecule has 0 bridgehead atoms. The molecule has 0 aromatic carbocycles. The number of rotatable bonds is 4. The number of hydrogen-bond donors (Lipinski definition) is 2. The minimum atomic E-state index is -1.29. The maximum absolute atomic E-state index is 11.8. The molecule has 0 spiro atoms. The second-order valence-corrected chi connectivity index (χ2v) is 4.19. The number of nitrogens with zero attached hydrogens (tertiary/aromatic N) is 1. The van der Waals surface area contributed by atoms with Gasteiger partial charge in [-0.3, -0.25) is 14.9 Å². The number of morpholine rings is 1. The minimum absolute atomic E-state index is 0.00709. The molecule has 9 heteroatoms. The van der Waals surface area contributed by atoms with Gasteiger partial charge >= 0.3 is 18.0 Å². The number of amides is 3. The van der Waals surface area contributed by atoms with Crippen LogP contribution in [0.15, 0.2) is 12.2 Å². The molecule has 1 unspecified atom stereocenters. The zero-order valence-corrected chi connectivity index (χ0v) is 11.4. The molecule has 1 heterocycles. The van der Waals surface area contributed by atoms with E-state index in [1.807, 2.05) is 5.32 Å². The van der Waals surface area contributed by atoms with Crippen LogP contribution < -0.4 is 5.32 Å². The SMILES string of the molecule is COC(=O)CC1CN(C(=O)NC(=O)/C=C/C(=O)O)CCO1. The zero-order chi connectivity index (χ0) is 15.8. The van der Waals surface area contributed by atoms with Crippen molar-refractivity contribution in [3.63, 3.8) is 0 Å². The number of carbonyl (C=O) groups is 4. The van der Waals surface area contributed by atoms with Crippen molar-refractivity contribution < 1.29 is 33.8 Å². The summed E-state index contributed by atoms with van der Waals surface area (Å²) in [6.07, 6.45) is 0.878. The van der Waals surface area contributed by atoms with Crippen molar-refractivity contribution in [2.24, 2.45) is 0 Å². The van der Waals surface area contributed by atoms with Crippen molar-refractivity contribution in [1.29, 1.82) is 0 Å². The van der Waals surface area contributed by atoms with Gasteiger partial charge in [0.2, 0.25) is 0 Å². The highest BCUT2D eigenvalue weighted by molar-refractivity contribution is 6.02. The number of ether oxygens (including phenoxy) is 2. The molecule has 0 radical (unpaired) electrons. The zero-order valence-electron chi connectivity index (χ0n) is 11.4. The van der Waals surface area contributed by atoms with Gasteiger partial charge in [0.25, 0.3) is 5.91 Å². The molecule has 0 aromatic heterocycles. The van der Waals surface area contributed by atoms with Crippen LogP contribution >= 0.6 is 0 Å². The van der Waals surface area contributed by atoms with Gasteiger partial charge in [0.1, 0.15) is 0 Å². The summed E-state index contributed by atoms with van der Waals surface area (Å²) in [7, 11) is 1.25. The number of imide groups is 1. The van der Waals surface area contributed by atoms with Gasteiger partial charge in [0, 0.05) is 25.2 Å². The van der Waals surface area contributed by atoms with Crippen molar-refractivity contribution in [3.05, 3.63) is 12.2 Å². The summed E-state index contributed by atoms with van der Waals surface area (Å²) in [5.41, 5.74) is 0. The minimum Gasteiger partial charge on any atom is -0.478 e. The van der Waals surface area contributed by atoms with Crippen LogP contribution in [-0.2, 0) is 23.9 Å². The first kappa shape index (κ1) is 16.6. The first-order valence-electron chi connectivity index (χ1n) is 6.11. The molecule has 1 fully saturated rings. The summed E-state index contributed by atoms with van der Waals surface area (Å²) in [4.78, 5) is 45.8. The van der Waals surface area contributed by atoms with E-state index in [1.165, 1.54) is 12.0 Å². The van der Waals surface area contributed by atoms with Crippen LogP contribution in [-0.4, -0.2) is 66.8 Å². The molecular formula is C12H16N2O7. The first-order valence-corrected chi connectivity index (χ1v) is 6.11. The van der Waals surface area contributed by atoms with E-state index in [2.05, 4.69) is 4.74 Å². The fourth-order valence-corrected chi connectivity index (χ4v) is 1.67. The normalized spacial score (nSPS) is 18.3. The number of methoxy groups -OCH3 is 1. The van der Waals surface area contributed by atoms with E-state index in [1.54, 1.807) is 0 Å². The van der Waals surface area contributed by atoms with Crippen LogP contribution in [0.5, 0.6) is 0 Å². The Morgan fingerprint density at radius 3 is 2.71 bits per heavy atom. The lowest BCUT2D eigenvalue weighted by Crippen LogP contribution is -2.51. The van der Waals surface area contributed by atoms with Crippen molar-refractivity contribution in [2.75, 3.05) is 26.8 Å². The third kappa shape index (κ3) is 6.04. The third-order valence-corrected chi connectivity index (χ3v) is 2.66. The second-order valence-electron chi connectivity index (χ2n) is 4.19. The maximum atomic E-state index is 11.8. The van der Waals surface area contributed by atoms with Gasteiger partial charge in [0.15, 0.2) is 0 Å². The van der Waals surface area contributed by atoms with Crippen LogP contribution in [0, 0.1) is 0 Å². The summed E-state index contributed by atoms with van der Waals surface area (Å²) >= 11 is 0. The van der Waals surface area contributed by atoms with E-state index in [4.69, 9.17) is 9.84 Å². The molecule has 1 aliphatic heterocycles. The number of aliphatic carboxylic acids is 1. The highest BCUT2D eigenvalue weighted by Crippen LogP contribution is 2.09. The average molecular weight is 300 g/mol. The molecule has 2 N–H and O–H groups in total. The molecule has 1 saturated heterocycles. The summed E-state index contributed by atoms with van der Waals surface area (Å²) < 4.78 is 9.83. The standard InChI is InChI=1S/C12H16N2O7/c1-20-11(18)6-8-7-14(4-5-21-8)12(19)13-9(15)2-3-10(16)17/h2-3,8H,4-7H2,1H3,(H,16,17)(H,13,15,19)/b3-2+. The molecule has 116 valence electrons. The molecule has 1 rings (SSSR count). The number of nitrogens with one attached hydrogen (secondary N) is 1. The maximum Gasteiger partial charge on any atom is 0.328 e. The smallest absolute Gasteiger partial charge is 0.328 e. The first-order chi connectivity index (χ1) is 9.92. The fraction of sp³-hybridized carbons (Fsp3) is 0.500. The summed E-state index contributed by atoms with van der Waals surface area (Å²) in [5.74, 6) is -2.58. The lowest BCUT2D eigenvalue weighted by Gasteiger charge is -2.32. The van der Waals surface area contributed by atoms with Gasteiger partial charge in [-0.1, -0.05) is 0 Å². The van der Waals surface area contributed by atoms with Gasteiger partial charge < -0.3 is 19.5 Å². The number of carboxylic acid groups (broad SMARTS) is 1. The van der Waals surface area contributed by atoms with Gasteiger partial charge in [-0.2, -0.15) is 0 Å². The Balaban J connectivity index is 2.48. The Hall–Kier alpha value is -2.42. The quantitative estimate of drug-likeness (QED) is 0.511. The summed E-state index contributed by atoms with van der Waals surface area (Å²) in [5, 5.41) is 10.4. The molecule has 0 saturated carbocycles. The number of urea groups is 1. The largest absolute Gasteiger partial charge is 0.478 e. The topological polar surface area (TPSA) is 122 Å². The van der Waals surface area contributed by atoms with Crippen molar-refractivity contribution in [3.8, 4) is 0 Å². The second kappa shape index (κ2) is 8.00. The van der Waals surface area contributed by atoms with Gasteiger partial charge in [-0.25, -0.2) is 9.59 Å². The lowest BCUT2D eigenvalue weighted by molar-refractivity contribution is -0.145. The van der Waals surface area contributed by atoms with E-state index < -0.39 is 30.0 Å². The summed E-state index contributed by atoms with van der Waals surface area (Å²) in [6.45, 7) is 0.629. The number of carboxylic acids is 1. The molecule has 9 nitrogen and oxygen atoms in total. The Morgan fingerprint density at radius 2 is 2.10 bits per heavy atom. The molecule has 1 atom stereocenters. The van der Waals surface area contributed by atoms with Crippen LogP contribution in [0.25, 0.3) is 0 Å².